The van der Waals surface area contributed by atoms with Crippen LogP contribution in [0.15, 0.2) is 24.4 Å². The van der Waals surface area contributed by atoms with E-state index in [1.54, 1.807) is 12.3 Å². The maximum absolute atomic E-state index is 12.9. The maximum Gasteiger partial charge on any atom is 0.303 e. The molecule has 100 valence electrons. The van der Waals surface area contributed by atoms with Crippen molar-refractivity contribution in [3.05, 3.63) is 46.5 Å². The van der Waals surface area contributed by atoms with E-state index in [1.807, 2.05) is 0 Å². The molecule has 0 atom stereocenters. The summed E-state index contributed by atoms with van der Waals surface area (Å²) in [5.41, 5.74) is 1.32. The van der Waals surface area contributed by atoms with Gasteiger partial charge in [0.15, 0.2) is 0 Å². The first-order valence-electron chi connectivity index (χ1n) is 5.59. The molecule has 19 heavy (non-hydrogen) atoms. The van der Waals surface area contributed by atoms with Gasteiger partial charge in [0, 0.05) is 17.6 Å². The van der Waals surface area contributed by atoms with Crippen molar-refractivity contribution in [2.24, 2.45) is 0 Å². The molecule has 0 amide bonds. The smallest absolute Gasteiger partial charge is 0.303 e. The minimum atomic E-state index is -0.879. The van der Waals surface area contributed by atoms with Crippen LogP contribution in [-0.2, 0) is 17.8 Å². The Bertz CT molecular complexity index is 600. The second kappa shape index (κ2) is 5.79. The fraction of sp³-hybridized carbons (Fsp3) is 0.250. The van der Waals surface area contributed by atoms with Crippen LogP contribution in [0.2, 0.25) is 5.02 Å². The number of nitrogens with zero attached hydrogens (tertiary/aromatic N) is 3. The lowest BCUT2D eigenvalue weighted by atomic mass is 10.2. The third-order valence-electron chi connectivity index (χ3n) is 2.53. The van der Waals surface area contributed by atoms with E-state index in [2.05, 4.69) is 10.3 Å². The van der Waals surface area contributed by atoms with Crippen molar-refractivity contribution in [3.8, 4) is 0 Å². The zero-order chi connectivity index (χ0) is 13.8. The second-order valence-electron chi connectivity index (χ2n) is 4.04. The van der Waals surface area contributed by atoms with Gasteiger partial charge >= 0.3 is 5.97 Å². The van der Waals surface area contributed by atoms with Crippen LogP contribution in [0.4, 0.5) is 4.39 Å². The summed E-state index contributed by atoms with van der Waals surface area (Å²) in [7, 11) is 0. The molecule has 0 saturated heterocycles. The second-order valence-corrected chi connectivity index (χ2v) is 4.44. The molecule has 2 rings (SSSR count). The highest BCUT2D eigenvalue weighted by molar-refractivity contribution is 6.31. The van der Waals surface area contributed by atoms with Gasteiger partial charge in [0.1, 0.15) is 5.82 Å². The third-order valence-corrected chi connectivity index (χ3v) is 2.88. The summed E-state index contributed by atoms with van der Waals surface area (Å²) in [5.74, 6) is -1.27. The predicted octanol–water partition coefficient (Wildman–Crippen LogP) is 2.14. The average molecular weight is 284 g/mol. The molecule has 0 spiro atoms. The molecule has 0 unspecified atom stereocenters. The highest BCUT2D eigenvalue weighted by Gasteiger charge is 2.07. The summed E-state index contributed by atoms with van der Waals surface area (Å²) in [6, 6.07) is 4.14. The number of aromatic nitrogens is 3. The number of hydrogen-bond donors (Lipinski definition) is 1. The molecule has 0 aliphatic carbocycles. The van der Waals surface area contributed by atoms with Gasteiger partial charge in [0.05, 0.1) is 18.7 Å². The minimum absolute atomic E-state index is 0.00992. The Hall–Kier alpha value is -1.95. The topological polar surface area (TPSA) is 68.0 Å². The number of halogens is 2. The molecule has 1 heterocycles. The third kappa shape index (κ3) is 3.75. The number of hydrogen-bond acceptors (Lipinski definition) is 3. The largest absolute Gasteiger partial charge is 0.481 e. The van der Waals surface area contributed by atoms with Gasteiger partial charge in [0.25, 0.3) is 0 Å². The van der Waals surface area contributed by atoms with Gasteiger partial charge in [0.2, 0.25) is 0 Å². The first-order chi connectivity index (χ1) is 9.04. The Labute approximate surface area is 113 Å². The SMILES string of the molecule is O=C(O)CCc1cn(Cc2ccc(F)cc2Cl)nn1. The molecule has 0 radical (unpaired) electrons. The molecular formula is C12H11ClFN3O2. The monoisotopic (exact) mass is 283 g/mol. The van der Waals surface area contributed by atoms with Gasteiger partial charge in [-0.05, 0) is 17.7 Å². The molecule has 5 nitrogen and oxygen atoms in total. The summed E-state index contributed by atoms with van der Waals surface area (Å²) < 4.78 is 14.4. The zero-order valence-electron chi connectivity index (χ0n) is 9.88. The van der Waals surface area contributed by atoms with Gasteiger partial charge < -0.3 is 5.11 Å². The van der Waals surface area contributed by atoms with Gasteiger partial charge in [-0.1, -0.05) is 22.9 Å². The Kier molecular flexibility index (Phi) is 4.11. The maximum atomic E-state index is 12.9. The van der Waals surface area contributed by atoms with Crippen molar-refractivity contribution in [2.75, 3.05) is 0 Å². The van der Waals surface area contributed by atoms with Gasteiger partial charge in [-0.15, -0.1) is 5.10 Å². The van der Waals surface area contributed by atoms with Crippen LogP contribution in [0.5, 0.6) is 0 Å². The van der Waals surface area contributed by atoms with E-state index < -0.39 is 11.8 Å². The normalized spacial score (nSPS) is 10.6. The molecular weight excluding hydrogens is 273 g/mol. The van der Waals surface area contributed by atoms with Crippen molar-refractivity contribution in [1.29, 1.82) is 0 Å². The Morgan fingerprint density at radius 2 is 2.26 bits per heavy atom. The summed E-state index contributed by atoms with van der Waals surface area (Å²) >= 11 is 5.91. The minimum Gasteiger partial charge on any atom is -0.481 e. The molecule has 0 aliphatic rings. The highest BCUT2D eigenvalue weighted by Crippen LogP contribution is 2.18. The van der Waals surface area contributed by atoms with E-state index in [-0.39, 0.29) is 6.42 Å². The number of carbonyl (C=O) groups is 1. The van der Waals surface area contributed by atoms with Crippen LogP contribution < -0.4 is 0 Å². The van der Waals surface area contributed by atoms with E-state index in [4.69, 9.17) is 16.7 Å². The molecule has 0 saturated carbocycles. The van der Waals surface area contributed by atoms with Crippen molar-refractivity contribution in [2.45, 2.75) is 19.4 Å². The van der Waals surface area contributed by atoms with Crippen LogP contribution in [0.1, 0.15) is 17.7 Å². The van der Waals surface area contributed by atoms with Crippen LogP contribution in [-0.4, -0.2) is 26.1 Å². The summed E-state index contributed by atoms with van der Waals surface area (Å²) in [4.78, 5) is 10.4. The van der Waals surface area contributed by atoms with Crippen LogP contribution in [0, 0.1) is 5.82 Å². The first kappa shape index (κ1) is 13.5. The number of benzene rings is 1. The summed E-state index contributed by atoms with van der Waals surface area (Å²) in [6.07, 6.45) is 1.99. The molecule has 1 aromatic heterocycles. The molecule has 0 fully saturated rings. The Balaban J connectivity index is 2.05. The first-order valence-corrected chi connectivity index (χ1v) is 5.97. The molecule has 2 aromatic rings. The van der Waals surface area contributed by atoms with Gasteiger partial charge in [-0.25, -0.2) is 9.07 Å². The summed E-state index contributed by atoms with van der Waals surface area (Å²) in [5, 5.41) is 16.6. The standard InChI is InChI=1S/C12H11ClFN3O2/c13-11-5-9(14)2-1-8(11)6-17-7-10(15-16-17)3-4-12(18)19/h1-2,5,7H,3-4,6H2,(H,18,19). The molecule has 0 bridgehead atoms. The predicted molar refractivity (Wildman–Crippen MR) is 66.5 cm³/mol. The fourth-order valence-electron chi connectivity index (χ4n) is 1.59. The Morgan fingerprint density at radius 3 is 2.95 bits per heavy atom. The van der Waals surface area contributed by atoms with E-state index in [0.29, 0.717) is 23.7 Å². The zero-order valence-corrected chi connectivity index (χ0v) is 10.6. The van der Waals surface area contributed by atoms with E-state index in [9.17, 15) is 9.18 Å². The number of carboxylic acids is 1. The van der Waals surface area contributed by atoms with Crippen LogP contribution in [0.25, 0.3) is 0 Å². The van der Waals surface area contributed by atoms with Crippen LogP contribution in [0.3, 0.4) is 0 Å². The van der Waals surface area contributed by atoms with E-state index in [0.717, 1.165) is 5.56 Å². The number of aliphatic carboxylic acids is 1. The van der Waals surface area contributed by atoms with Crippen molar-refractivity contribution in [3.63, 3.8) is 0 Å². The van der Waals surface area contributed by atoms with E-state index in [1.165, 1.54) is 16.8 Å². The lowest BCUT2D eigenvalue weighted by molar-refractivity contribution is -0.136. The fourth-order valence-corrected chi connectivity index (χ4v) is 1.82. The van der Waals surface area contributed by atoms with Gasteiger partial charge in [-0.3, -0.25) is 4.79 Å². The number of carboxylic acid groups (broad SMARTS) is 1. The number of aryl methyl sites for hydroxylation is 1. The van der Waals surface area contributed by atoms with Crippen molar-refractivity contribution in [1.82, 2.24) is 15.0 Å². The quantitative estimate of drug-likeness (QED) is 0.913. The van der Waals surface area contributed by atoms with Crippen molar-refractivity contribution >= 4 is 17.6 Å². The number of rotatable bonds is 5. The van der Waals surface area contributed by atoms with Gasteiger partial charge in [-0.2, -0.15) is 0 Å². The Morgan fingerprint density at radius 1 is 1.47 bits per heavy atom. The van der Waals surface area contributed by atoms with Crippen molar-refractivity contribution < 1.29 is 14.3 Å². The molecule has 1 aromatic carbocycles. The average Bonchev–Trinajstić information content (AvgIpc) is 2.78. The highest BCUT2D eigenvalue weighted by atomic mass is 35.5. The molecule has 7 heteroatoms. The van der Waals surface area contributed by atoms with E-state index >= 15 is 0 Å². The lowest BCUT2D eigenvalue weighted by Gasteiger charge is -2.03. The molecule has 0 aliphatic heterocycles. The summed E-state index contributed by atoms with van der Waals surface area (Å²) in [6.45, 7) is 0.360. The lowest BCUT2D eigenvalue weighted by Crippen LogP contribution is -2.01. The van der Waals surface area contributed by atoms with Crippen LogP contribution >= 0.6 is 11.6 Å². The molecule has 1 N–H and O–H groups in total.